The van der Waals surface area contributed by atoms with Gasteiger partial charge in [-0.1, -0.05) is 12.1 Å². The first kappa shape index (κ1) is 25.2. The molecule has 1 saturated heterocycles. The maximum absolute atomic E-state index is 12.7. The molecule has 184 valence electrons. The van der Waals surface area contributed by atoms with Crippen molar-refractivity contribution in [1.82, 2.24) is 9.80 Å². The number of halogens is 3. The molecule has 3 rings (SSSR count). The van der Waals surface area contributed by atoms with Crippen molar-refractivity contribution in [2.24, 2.45) is 0 Å². The third kappa shape index (κ3) is 6.12. The fourth-order valence-corrected chi connectivity index (χ4v) is 3.53. The minimum Gasteiger partial charge on any atom is -0.494 e. The van der Waals surface area contributed by atoms with E-state index in [1.807, 2.05) is 0 Å². The van der Waals surface area contributed by atoms with Crippen LogP contribution in [0.5, 0.6) is 11.5 Å². The van der Waals surface area contributed by atoms with E-state index in [0.29, 0.717) is 36.6 Å². The first-order valence-corrected chi connectivity index (χ1v) is 10.7. The van der Waals surface area contributed by atoms with E-state index in [1.54, 1.807) is 41.1 Å². The minimum atomic E-state index is -4.39. The summed E-state index contributed by atoms with van der Waals surface area (Å²) in [6.07, 6.45) is -3.83. The predicted octanol–water partition coefficient (Wildman–Crippen LogP) is 4.65. The van der Waals surface area contributed by atoms with Crippen LogP contribution < -0.4 is 9.47 Å². The number of carboxylic acid groups (broad SMARTS) is 1. The van der Waals surface area contributed by atoms with E-state index in [-0.39, 0.29) is 18.6 Å². The number of aliphatic carboxylic acids is 1. The number of rotatable bonds is 9. The van der Waals surface area contributed by atoms with Gasteiger partial charge in [-0.05, 0) is 55.8 Å². The first-order chi connectivity index (χ1) is 15.9. The third-order valence-corrected chi connectivity index (χ3v) is 5.64. The number of amides is 2. The lowest BCUT2D eigenvalue weighted by molar-refractivity contribution is -0.152. The zero-order valence-electron chi connectivity index (χ0n) is 19.1. The Morgan fingerprint density at radius 3 is 2.21 bits per heavy atom. The molecule has 1 heterocycles. The van der Waals surface area contributed by atoms with E-state index in [9.17, 15) is 22.8 Å². The topological polar surface area (TPSA) is 79.3 Å². The number of carboxylic acids is 1. The van der Waals surface area contributed by atoms with Gasteiger partial charge in [0, 0.05) is 26.6 Å². The fourth-order valence-electron chi connectivity index (χ4n) is 3.53. The van der Waals surface area contributed by atoms with E-state index >= 15 is 0 Å². The van der Waals surface area contributed by atoms with Gasteiger partial charge in [-0.25, -0.2) is 9.59 Å². The Morgan fingerprint density at radius 2 is 1.65 bits per heavy atom. The van der Waals surface area contributed by atoms with Gasteiger partial charge in [0.1, 0.15) is 11.5 Å². The van der Waals surface area contributed by atoms with Gasteiger partial charge in [-0.3, -0.25) is 0 Å². The molecule has 0 radical (unpaired) electrons. The summed E-state index contributed by atoms with van der Waals surface area (Å²) in [4.78, 5) is 26.9. The molecule has 0 saturated carbocycles. The molecule has 2 aromatic carbocycles. The van der Waals surface area contributed by atoms with Crippen molar-refractivity contribution < 1.29 is 37.3 Å². The summed E-state index contributed by atoms with van der Waals surface area (Å²) in [6, 6.07) is 11.1. The molecule has 7 nitrogen and oxygen atoms in total. The lowest BCUT2D eigenvalue weighted by Crippen LogP contribution is -2.37. The minimum absolute atomic E-state index is 0.0964. The molecule has 2 amide bonds. The third-order valence-electron chi connectivity index (χ3n) is 5.64. The highest BCUT2D eigenvalue weighted by atomic mass is 19.4. The lowest BCUT2D eigenvalue weighted by Gasteiger charge is -2.21. The average molecular weight is 480 g/mol. The molecule has 0 aliphatic carbocycles. The van der Waals surface area contributed by atoms with Gasteiger partial charge in [-0.2, -0.15) is 13.2 Å². The highest BCUT2D eigenvalue weighted by Gasteiger charge is 2.35. The van der Waals surface area contributed by atoms with E-state index < -0.39 is 23.3 Å². The molecule has 34 heavy (non-hydrogen) atoms. The smallest absolute Gasteiger partial charge is 0.416 e. The molecular weight excluding hydrogens is 453 g/mol. The van der Waals surface area contributed by atoms with Crippen molar-refractivity contribution in [2.45, 2.75) is 44.6 Å². The van der Waals surface area contributed by atoms with E-state index in [4.69, 9.17) is 14.6 Å². The molecule has 1 atom stereocenters. The molecule has 0 spiro atoms. The summed E-state index contributed by atoms with van der Waals surface area (Å²) in [5.74, 6) is -0.0933. The van der Waals surface area contributed by atoms with E-state index in [1.165, 1.54) is 26.0 Å². The van der Waals surface area contributed by atoms with Crippen LogP contribution >= 0.6 is 0 Å². The van der Waals surface area contributed by atoms with Crippen LogP contribution in [-0.4, -0.2) is 58.7 Å². The van der Waals surface area contributed by atoms with Gasteiger partial charge in [-0.15, -0.1) is 0 Å². The van der Waals surface area contributed by atoms with Gasteiger partial charge in [0.25, 0.3) is 0 Å². The standard InChI is InChI=1S/C24H27F3N2O5/c1-23(2,21(30)31)34-20-10-8-19(9-11-20)33-13-12-18-15-29(22(32)28(18)3)14-16-4-6-17(7-5-16)24(25,26)27/h4-11,18H,12-15H2,1-3H3,(H,30,31)/t18-/m1/s1. The molecule has 1 fully saturated rings. The molecule has 2 aromatic rings. The van der Waals surface area contributed by atoms with Crippen LogP contribution in [0.2, 0.25) is 0 Å². The highest BCUT2D eigenvalue weighted by Crippen LogP contribution is 2.29. The van der Waals surface area contributed by atoms with Gasteiger partial charge in [0.2, 0.25) is 0 Å². The van der Waals surface area contributed by atoms with Crippen LogP contribution in [0.3, 0.4) is 0 Å². The maximum Gasteiger partial charge on any atom is 0.416 e. The number of ether oxygens (including phenoxy) is 2. The number of urea groups is 1. The Bertz CT molecular complexity index is 1010. The van der Waals surface area contributed by atoms with Gasteiger partial charge >= 0.3 is 18.2 Å². The summed E-state index contributed by atoms with van der Waals surface area (Å²) in [6.45, 7) is 3.93. The number of alkyl halides is 3. The van der Waals surface area contributed by atoms with Crippen molar-refractivity contribution in [3.05, 3.63) is 59.7 Å². The Hall–Kier alpha value is -3.43. The number of likely N-dealkylation sites (N-methyl/N-ethyl adjacent to an activating group) is 1. The molecule has 0 unspecified atom stereocenters. The lowest BCUT2D eigenvalue weighted by atomic mass is 10.1. The molecule has 1 aliphatic heterocycles. The number of carbonyl (C=O) groups excluding carboxylic acids is 1. The normalized spacial score (nSPS) is 16.6. The van der Waals surface area contributed by atoms with Crippen molar-refractivity contribution in [1.29, 1.82) is 0 Å². The molecular formula is C24H27F3N2O5. The van der Waals surface area contributed by atoms with E-state index in [2.05, 4.69) is 0 Å². The summed E-state index contributed by atoms with van der Waals surface area (Å²) in [7, 11) is 1.69. The SMILES string of the molecule is CN1C(=O)N(Cc2ccc(C(F)(F)F)cc2)C[C@H]1CCOc1ccc(OC(C)(C)C(=O)O)cc1. The number of hydrogen-bond donors (Lipinski definition) is 1. The number of nitrogens with zero attached hydrogens (tertiary/aromatic N) is 2. The fraction of sp³-hybridized carbons (Fsp3) is 0.417. The van der Waals surface area contributed by atoms with Crippen LogP contribution in [0.4, 0.5) is 18.0 Å². The zero-order valence-corrected chi connectivity index (χ0v) is 19.1. The van der Waals surface area contributed by atoms with Crippen molar-refractivity contribution in [2.75, 3.05) is 20.2 Å². The summed E-state index contributed by atoms with van der Waals surface area (Å²) < 4.78 is 49.4. The largest absolute Gasteiger partial charge is 0.494 e. The highest BCUT2D eigenvalue weighted by molar-refractivity contribution is 5.77. The monoisotopic (exact) mass is 480 g/mol. The summed E-state index contributed by atoms with van der Waals surface area (Å²) >= 11 is 0. The van der Waals surface area contributed by atoms with Crippen LogP contribution in [0, 0.1) is 0 Å². The number of carbonyl (C=O) groups is 2. The van der Waals surface area contributed by atoms with Crippen LogP contribution in [0.15, 0.2) is 48.5 Å². The van der Waals surface area contributed by atoms with Crippen LogP contribution in [0.1, 0.15) is 31.4 Å². The van der Waals surface area contributed by atoms with Gasteiger partial charge in [0.05, 0.1) is 18.2 Å². The molecule has 1 aliphatic rings. The Morgan fingerprint density at radius 1 is 1.06 bits per heavy atom. The summed E-state index contributed by atoms with van der Waals surface area (Å²) in [5, 5.41) is 9.14. The van der Waals surface area contributed by atoms with Crippen molar-refractivity contribution in [3.63, 3.8) is 0 Å². The predicted molar refractivity (Wildman–Crippen MR) is 118 cm³/mol. The molecule has 0 bridgehead atoms. The molecule has 10 heteroatoms. The van der Waals surface area contributed by atoms with Crippen molar-refractivity contribution in [3.8, 4) is 11.5 Å². The van der Waals surface area contributed by atoms with Crippen LogP contribution in [-0.2, 0) is 17.5 Å². The second-order valence-electron chi connectivity index (χ2n) is 8.65. The maximum atomic E-state index is 12.7. The molecule has 0 aromatic heterocycles. The number of hydrogen-bond acceptors (Lipinski definition) is 4. The second kappa shape index (κ2) is 9.82. The van der Waals surface area contributed by atoms with E-state index in [0.717, 1.165) is 12.1 Å². The second-order valence-corrected chi connectivity index (χ2v) is 8.65. The van der Waals surface area contributed by atoms with Gasteiger partial charge in [0.15, 0.2) is 5.60 Å². The summed E-state index contributed by atoms with van der Waals surface area (Å²) in [5.41, 5.74) is -1.45. The average Bonchev–Trinajstić information content (AvgIpc) is 3.02. The zero-order chi connectivity index (χ0) is 25.1. The Balaban J connectivity index is 1.49. The van der Waals surface area contributed by atoms with Gasteiger partial charge < -0.3 is 24.4 Å². The van der Waals surface area contributed by atoms with Crippen molar-refractivity contribution >= 4 is 12.0 Å². The van der Waals surface area contributed by atoms with Crippen LogP contribution in [0.25, 0.3) is 0 Å². The Kier molecular flexibility index (Phi) is 7.28. The molecule has 1 N–H and O–H groups in total. The number of benzene rings is 2. The Labute approximate surface area is 195 Å². The quantitative estimate of drug-likeness (QED) is 0.565. The first-order valence-electron chi connectivity index (χ1n) is 10.7.